The number of hydrogen-bond donors (Lipinski definition) is 0. The molecule has 1 aromatic rings. The highest BCUT2D eigenvalue weighted by Gasteiger charge is 2.38. The Kier molecular flexibility index (Phi) is 9.92. The van der Waals surface area contributed by atoms with Gasteiger partial charge in [0.1, 0.15) is 40.5 Å². The fourth-order valence-electron chi connectivity index (χ4n) is 4.65. The fourth-order valence-corrected chi connectivity index (χ4v) is 4.65. The molecule has 11 heteroatoms. The summed E-state index contributed by atoms with van der Waals surface area (Å²) in [7, 11) is 1.48. The van der Waals surface area contributed by atoms with E-state index in [0.717, 1.165) is 0 Å². The van der Waals surface area contributed by atoms with Gasteiger partial charge < -0.3 is 33.5 Å². The summed E-state index contributed by atoms with van der Waals surface area (Å²) in [5, 5.41) is 0. The Bertz CT molecular complexity index is 1010. The molecule has 222 valence electrons. The quantitative estimate of drug-likeness (QED) is 0.418. The van der Waals surface area contributed by atoms with E-state index in [9.17, 15) is 19.2 Å². The number of methoxy groups -OCH3 is 1. The molecule has 2 amide bonds. The number of nitrogens with zero attached hydrogens (tertiary/aromatic N) is 2. The van der Waals surface area contributed by atoms with Crippen LogP contribution in [0.3, 0.4) is 0 Å². The summed E-state index contributed by atoms with van der Waals surface area (Å²) in [6.45, 7) is 11.0. The van der Waals surface area contributed by atoms with Gasteiger partial charge in [0.2, 0.25) is 0 Å². The van der Waals surface area contributed by atoms with Crippen LogP contribution in [-0.2, 0) is 28.7 Å². The standard InChI is InChI=1S/C29H42N2O9/c1-28(2,3)39-26(34)22-10-8-12-30(22)24(32)17-37-20-14-19(36-7)15-21(16-20)38-18-25(33)31-13-9-11-23(31)27(35)40-29(4,5)6/h14-16,22-23H,8-13,17-18H2,1-7H3. The minimum absolute atomic E-state index is 0.295. The van der Waals surface area contributed by atoms with Crippen LogP contribution in [0.15, 0.2) is 18.2 Å². The van der Waals surface area contributed by atoms with Gasteiger partial charge in [0.05, 0.1) is 7.11 Å². The van der Waals surface area contributed by atoms with Gasteiger partial charge in [0.15, 0.2) is 13.2 Å². The molecule has 0 radical (unpaired) electrons. The lowest BCUT2D eigenvalue weighted by molar-refractivity contribution is -0.164. The highest BCUT2D eigenvalue weighted by molar-refractivity contribution is 5.87. The van der Waals surface area contributed by atoms with Crippen molar-refractivity contribution in [3.05, 3.63) is 18.2 Å². The average molecular weight is 563 g/mol. The summed E-state index contributed by atoms with van der Waals surface area (Å²) >= 11 is 0. The molecule has 11 nitrogen and oxygen atoms in total. The predicted molar refractivity (Wildman–Crippen MR) is 145 cm³/mol. The second-order valence-electron chi connectivity index (χ2n) is 12.0. The second kappa shape index (κ2) is 12.8. The number of esters is 2. The van der Waals surface area contributed by atoms with Crippen molar-refractivity contribution in [2.75, 3.05) is 33.4 Å². The van der Waals surface area contributed by atoms with E-state index in [1.807, 2.05) is 0 Å². The van der Waals surface area contributed by atoms with Crippen molar-refractivity contribution in [1.29, 1.82) is 0 Å². The van der Waals surface area contributed by atoms with E-state index in [4.69, 9.17) is 23.7 Å². The van der Waals surface area contributed by atoms with Crippen molar-refractivity contribution in [3.8, 4) is 17.2 Å². The van der Waals surface area contributed by atoms with Crippen molar-refractivity contribution in [2.24, 2.45) is 0 Å². The predicted octanol–water partition coefficient (Wildman–Crippen LogP) is 3.12. The molecule has 2 unspecified atom stereocenters. The molecule has 2 fully saturated rings. The SMILES string of the molecule is COc1cc(OCC(=O)N2CCCC2C(=O)OC(C)(C)C)cc(OCC(=O)N2CCCC2C(=O)OC(C)(C)C)c1. The summed E-state index contributed by atoms with van der Waals surface area (Å²) < 4.78 is 27.7. The molecular formula is C29H42N2O9. The number of likely N-dealkylation sites (tertiary alicyclic amines) is 2. The molecule has 2 aliphatic rings. The minimum Gasteiger partial charge on any atom is -0.496 e. The lowest BCUT2D eigenvalue weighted by Crippen LogP contribution is -2.45. The van der Waals surface area contributed by atoms with Crippen LogP contribution in [-0.4, -0.2) is 90.3 Å². The van der Waals surface area contributed by atoms with Gasteiger partial charge >= 0.3 is 11.9 Å². The zero-order valence-electron chi connectivity index (χ0n) is 24.6. The Morgan fingerprint density at radius 1 is 0.700 bits per heavy atom. The van der Waals surface area contributed by atoms with Crippen molar-refractivity contribution in [1.82, 2.24) is 9.80 Å². The third-order valence-corrected chi connectivity index (χ3v) is 6.32. The molecule has 2 aliphatic heterocycles. The van der Waals surface area contributed by atoms with Crippen molar-refractivity contribution < 1.29 is 42.9 Å². The van der Waals surface area contributed by atoms with E-state index >= 15 is 0 Å². The molecular weight excluding hydrogens is 520 g/mol. The fraction of sp³-hybridized carbons (Fsp3) is 0.655. The number of carbonyl (C=O) groups is 4. The number of rotatable bonds is 9. The van der Waals surface area contributed by atoms with E-state index in [2.05, 4.69) is 0 Å². The van der Waals surface area contributed by atoms with Gasteiger partial charge in [-0.05, 0) is 67.2 Å². The number of amides is 2. The maximum atomic E-state index is 12.9. The smallest absolute Gasteiger partial charge is 0.329 e. The zero-order chi connectivity index (χ0) is 29.7. The van der Waals surface area contributed by atoms with Gasteiger partial charge in [-0.1, -0.05) is 0 Å². The number of hydrogen-bond acceptors (Lipinski definition) is 9. The van der Waals surface area contributed by atoms with E-state index in [0.29, 0.717) is 56.0 Å². The summed E-state index contributed by atoms with van der Waals surface area (Å²) in [5.41, 5.74) is -1.29. The van der Waals surface area contributed by atoms with Gasteiger partial charge in [0, 0.05) is 31.3 Å². The van der Waals surface area contributed by atoms with E-state index in [1.54, 1.807) is 59.7 Å². The zero-order valence-corrected chi connectivity index (χ0v) is 24.6. The molecule has 0 spiro atoms. The normalized spacial score (nSPS) is 19.3. The highest BCUT2D eigenvalue weighted by atomic mass is 16.6. The minimum atomic E-state index is -0.644. The number of benzene rings is 1. The molecule has 0 aliphatic carbocycles. The third kappa shape index (κ3) is 8.76. The topological polar surface area (TPSA) is 121 Å². The molecule has 40 heavy (non-hydrogen) atoms. The van der Waals surface area contributed by atoms with Crippen LogP contribution in [0.2, 0.25) is 0 Å². The molecule has 2 atom stereocenters. The Labute approximate surface area is 236 Å². The molecule has 0 saturated carbocycles. The number of ether oxygens (including phenoxy) is 5. The maximum absolute atomic E-state index is 12.9. The maximum Gasteiger partial charge on any atom is 0.329 e. The Morgan fingerprint density at radius 3 is 1.43 bits per heavy atom. The van der Waals surface area contributed by atoms with Crippen LogP contribution in [0.25, 0.3) is 0 Å². The Morgan fingerprint density at radius 2 is 1.07 bits per heavy atom. The van der Waals surface area contributed by atoms with E-state index < -0.39 is 35.2 Å². The van der Waals surface area contributed by atoms with Gasteiger partial charge in [0.25, 0.3) is 11.8 Å². The van der Waals surface area contributed by atoms with Crippen LogP contribution in [0, 0.1) is 0 Å². The summed E-state index contributed by atoms with van der Waals surface area (Å²) in [4.78, 5) is 54.0. The first-order valence-corrected chi connectivity index (χ1v) is 13.7. The summed E-state index contributed by atoms with van der Waals surface area (Å²) in [5.74, 6) is -0.508. The summed E-state index contributed by atoms with van der Waals surface area (Å²) in [6, 6.07) is 3.46. The van der Waals surface area contributed by atoms with Gasteiger partial charge in [-0.25, -0.2) is 9.59 Å². The first-order chi connectivity index (χ1) is 18.7. The van der Waals surface area contributed by atoms with Crippen LogP contribution >= 0.6 is 0 Å². The molecule has 0 N–H and O–H groups in total. The molecule has 3 rings (SSSR count). The monoisotopic (exact) mass is 562 g/mol. The van der Waals surface area contributed by atoms with E-state index in [1.165, 1.54) is 16.9 Å². The highest BCUT2D eigenvalue weighted by Crippen LogP contribution is 2.29. The van der Waals surface area contributed by atoms with Gasteiger partial charge in [-0.2, -0.15) is 0 Å². The average Bonchev–Trinajstić information content (AvgIpc) is 3.54. The van der Waals surface area contributed by atoms with Crippen LogP contribution in [0.4, 0.5) is 0 Å². The molecule has 2 saturated heterocycles. The van der Waals surface area contributed by atoms with Crippen molar-refractivity contribution in [3.63, 3.8) is 0 Å². The van der Waals surface area contributed by atoms with E-state index in [-0.39, 0.29) is 25.0 Å². The van der Waals surface area contributed by atoms with Crippen LogP contribution in [0.5, 0.6) is 17.2 Å². The lowest BCUT2D eigenvalue weighted by atomic mass is 10.1. The number of carbonyl (C=O) groups excluding carboxylic acids is 4. The van der Waals surface area contributed by atoms with Gasteiger partial charge in [-0.15, -0.1) is 0 Å². The van der Waals surface area contributed by atoms with Crippen molar-refractivity contribution in [2.45, 2.75) is 90.5 Å². The second-order valence-corrected chi connectivity index (χ2v) is 12.0. The lowest BCUT2D eigenvalue weighted by Gasteiger charge is -2.27. The Hall–Kier alpha value is -3.50. The van der Waals surface area contributed by atoms with Crippen molar-refractivity contribution >= 4 is 23.8 Å². The van der Waals surface area contributed by atoms with Crippen LogP contribution < -0.4 is 14.2 Å². The molecule has 2 heterocycles. The first kappa shape index (κ1) is 31.0. The van der Waals surface area contributed by atoms with Crippen LogP contribution in [0.1, 0.15) is 67.2 Å². The Balaban J connectivity index is 1.59. The van der Waals surface area contributed by atoms with Gasteiger partial charge in [-0.3, -0.25) is 9.59 Å². The third-order valence-electron chi connectivity index (χ3n) is 6.32. The molecule has 0 aromatic heterocycles. The summed E-state index contributed by atoms with van der Waals surface area (Å²) in [6.07, 6.45) is 2.48. The molecule has 1 aromatic carbocycles. The first-order valence-electron chi connectivity index (χ1n) is 13.7. The largest absolute Gasteiger partial charge is 0.496 e. The molecule has 0 bridgehead atoms.